The van der Waals surface area contributed by atoms with E-state index in [1.54, 1.807) is 18.2 Å². The van der Waals surface area contributed by atoms with Crippen LogP contribution < -0.4 is 5.73 Å². The molecule has 0 aliphatic carbocycles. The van der Waals surface area contributed by atoms with Gasteiger partial charge in [-0.25, -0.2) is 9.37 Å². The van der Waals surface area contributed by atoms with E-state index in [0.717, 1.165) is 11.3 Å². The second kappa shape index (κ2) is 6.55. The first kappa shape index (κ1) is 13.9. The monoisotopic (exact) mass is 244 g/mol. The molecule has 0 unspecified atom stereocenters. The number of nitrogens with two attached hydrogens (primary N) is 1. The second-order valence-electron chi connectivity index (χ2n) is 3.89. The first-order valence-corrected chi connectivity index (χ1v) is 5.60. The SMILES string of the molecule is C=Cc1ccc(F)cc1.Cc1ccc(N)nc1C. The van der Waals surface area contributed by atoms with Gasteiger partial charge in [-0.1, -0.05) is 30.9 Å². The first-order valence-electron chi connectivity index (χ1n) is 5.60. The Morgan fingerprint density at radius 2 is 1.72 bits per heavy atom. The fourth-order valence-electron chi connectivity index (χ4n) is 1.25. The molecule has 2 nitrogen and oxygen atoms in total. The standard InChI is InChI=1S/C8H7F.C7H10N2/c1-2-7-3-5-8(9)6-4-7;1-5-3-4-7(8)9-6(5)2/h2-6H,1H2;3-4H,1-2H3,(H2,8,9). The van der Waals surface area contributed by atoms with Gasteiger partial charge in [0.25, 0.3) is 0 Å². The van der Waals surface area contributed by atoms with Crippen LogP contribution in [-0.4, -0.2) is 4.98 Å². The van der Waals surface area contributed by atoms with Crippen LogP contribution in [0.15, 0.2) is 43.0 Å². The van der Waals surface area contributed by atoms with E-state index in [9.17, 15) is 4.39 Å². The minimum Gasteiger partial charge on any atom is -0.384 e. The normalized spacial score (nSPS) is 9.28. The Bertz CT molecular complexity index is 519. The van der Waals surface area contributed by atoms with E-state index in [1.807, 2.05) is 26.0 Å². The third-order valence-corrected chi connectivity index (χ3v) is 2.48. The lowest BCUT2D eigenvalue weighted by Gasteiger charge is -1.97. The van der Waals surface area contributed by atoms with Crippen molar-refractivity contribution >= 4 is 11.9 Å². The summed E-state index contributed by atoms with van der Waals surface area (Å²) in [6.45, 7) is 7.50. The molecule has 0 saturated heterocycles. The summed E-state index contributed by atoms with van der Waals surface area (Å²) in [6, 6.07) is 9.97. The maximum atomic E-state index is 12.2. The molecule has 1 aromatic carbocycles. The highest BCUT2D eigenvalue weighted by atomic mass is 19.1. The van der Waals surface area contributed by atoms with Crippen molar-refractivity contribution < 1.29 is 4.39 Å². The fourth-order valence-corrected chi connectivity index (χ4v) is 1.25. The molecule has 0 bridgehead atoms. The van der Waals surface area contributed by atoms with Crippen molar-refractivity contribution in [3.8, 4) is 0 Å². The Hall–Kier alpha value is -2.16. The van der Waals surface area contributed by atoms with E-state index >= 15 is 0 Å². The van der Waals surface area contributed by atoms with E-state index in [4.69, 9.17) is 5.73 Å². The van der Waals surface area contributed by atoms with E-state index in [0.29, 0.717) is 5.82 Å². The van der Waals surface area contributed by atoms with Crippen LogP contribution in [0.2, 0.25) is 0 Å². The second-order valence-corrected chi connectivity index (χ2v) is 3.89. The molecule has 0 aliphatic rings. The number of benzene rings is 1. The Kier molecular flexibility index (Phi) is 5.06. The fraction of sp³-hybridized carbons (Fsp3) is 0.133. The van der Waals surface area contributed by atoms with E-state index in [2.05, 4.69) is 11.6 Å². The van der Waals surface area contributed by atoms with Gasteiger partial charge in [-0.2, -0.15) is 0 Å². The smallest absolute Gasteiger partial charge is 0.123 e. The lowest BCUT2D eigenvalue weighted by molar-refractivity contribution is 0.628. The van der Waals surface area contributed by atoms with Crippen molar-refractivity contribution in [3.05, 3.63) is 65.6 Å². The topological polar surface area (TPSA) is 38.9 Å². The van der Waals surface area contributed by atoms with Crippen molar-refractivity contribution in [2.45, 2.75) is 13.8 Å². The van der Waals surface area contributed by atoms with Crippen molar-refractivity contribution in [2.24, 2.45) is 0 Å². The average Bonchev–Trinajstić information content (AvgIpc) is 2.36. The summed E-state index contributed by atoms with van der Waals surface area (Å²) in [4.78, 5) is 4.05. The molecule has 94 valence electrons. The quantitative estimate of drug-likeness (QED) is 0.829. The molecular formula is C15H17FN2. The predicted octanol–water partition coefficient (Wildman–Crippen LogP) is 3.75. The largest absolute Gasteiger partial charge is 0.384 e. The summed E-state index contributed by atoms with van der Waals surface area (Å²) in [5, 5.41) is 0. The molecule has 2 rings (SSSR count). The summed E-state index contributed by atoms with van der Waals surface area (Å²) in [7, 11) is 0. The van der Waals surface area contributed by atoms with Gasteiger partial charge in [0, 0.05) is 5.69 Å². The third kappa shape index (κ3) is 4.37. The first-order chi connectivity index (χ1) is 8.52. The minimum absolute atomic E-state index is 0.208. The molecule has 0 amide bonds. The van der Waals surface area contributed by atoms with Gasteiger partial charge in [0.1, 0.15) is 11.6 Å². The molecule has 0 atom stereocenters. The van der Waals surface area contributed by atoms with Gasteiger partial charge in [-0.3, -0.25) is 0 Å². The van der Waals surface area contributed by atoms with Crippen molar-refractivity contribution in [1.29, 1.82) is 0 Å². The summed E-state index contributed by atoms with van der Waals surface area (Å²) >= 11 is 0. The molecule has 18 heavy (non-hydrogen) atoms. The average molecular weight is 244 g/mol. The Morgan fingerprint density at radius 3 is 2.17 bits per heavy atom. The number of nitrogen functional groups attached to an aromatic ring is 1. The molecule has 3 heteroatoms. The molecule has 2 N–H and O–H groups in total. The maximum Gasteiger partial charge on any atom is 0.123 e. The van der Waals surface area contributed by atoms with Crippen LogP contribution in [0.4, 0.5) is 10.2 Å². The molecule has 0 spiro atoms. The lowest BCUT2D eigenvalue weighted by atomic mass is 10.2. The summed E-state index contributed by atoms with van der Waals surface area (Å²) in [5.41, 5.74) is 8.55. The number of halogens is 1. The van der Waals surface area contributed by atoms with Gasteiger partial charge < -0.3 is 5.73 Å². The number of hydrogen-bond acceptors (Lipinski definition) is 2. The highest BCUT2D eigenvalue weighted by Crippen LogP contribution is 2.04. The molecule has 0 aliphatic heterocycles. The Labute approximate surface area is 107 Å². The van der Waals surface area contributed by atoms with Gasteiger partial charge in [-0.15, -0.1) is 0 Å². The Balaban J connectivity index is 0.000000180. The maximum absolute atomic E-state index is 12.2. The summed E-state index contributed by atoms with van der Waals surface area (Å²) in [6.07, 6.45) is 1.68. The van der Waals surface area contributed by atoms with Crippen LogP contribution in [0.3, 0.4) is 0 Å². The molecule has 1 heterocycles. The highest BCUT2D eigenvalue weighted by Gasteiger charge is 1.91. The van der Waals surface area contributed by atoms with Crippen LogP contribution in [0.25, 0.3) is 6.08 Å². The molecular weight excluding hydrogens is 227 g/mol. The van der Waals surface area contributed by atoms with Gasteiger partial charge in [0.05, 0.1) is 0 Å². The van der Waals surface area contributed by atoms with Gasteiger partial charge >= 0.3 is 0 Å². The number of aryl methyl sites for hydroxylation is 2. The lowest BCUT2D eigenvalue weighted by Crippen LogP contribution is -1.92. The zero-order valence-electron chi connectivity index (χ0n) is 10.7. The van der Waals surface area contributed by atoms with Gasteiger partial charge in [0.2, 0.25) is 0 Å². The van der Waals surface area contributed by atoms with Gasteiger partial charge in [0.15, 0.2) is 0 Å². The van der Waals surface area contributed by atoms with Gasteiger partial charge in [-0.05, 0) is 43.2 Å². The molecule has 0 fully saturated rings. The van der Waals surface area contributed by atoms with Crippen molar-refractivity contribution in [1.82, 2.24) is 4.98 Å². The summed E-state index contributed by atoms with van der Waals surface area (Å²) in [5.74, 6) is 0.388. The minimum atomic E-state index is -0.208. The van der Waals surface area contributed by atoms with Crippen LogP contribution >= 0.6 is 0 Å². The van der Waals surface area contributed by atoms with E-state index < -0.39 is 0 Å². The number of pyridine rings is 1. The third-order valence-electron chi connectivity index (χ3n) is 2.48. The van der Waals surface area contributed by atoms with Crippen LogP contribution in [0, 0.1) is 19.7 Å². The molecule has 0 radical (unpaired) electrons. The highest BCUT2D eigenvalue weighted by molar-refractivity contribution is 5.45. The summed E-state index contributed by atoms with van der Waals surface area (Å²) < 4.78 is 12.2. The zero-order chi connectivity index (χ0) is 13.5. The zero-order valence-corrected chi connectivity index (χ0v) is 10.7. The number of rotatable bonds is 1. The van der Waals surface area contributed by atoms with Crippen LogP contribution in [0.5, 0.6) is 0 Å². The van der Waals surface area contributed by atoms with E-state index in [1.165, 1.54) is 17.7 Å². The van der Waals surface area contributed by atoms with Crippen molar-refractivity contribution in [2.75, 3.05) is 5.73 Å². The molecule has 1 aromatic heterocycles. The number of anilines is 1. The van der Waals surface area contributed by atoms with E-state index in [-0.39, 0.29) is 5.82 Å². The number of nitrogens with zero attached hydrogens (tertiary/aromatic N) is 1. The number of aromatic nitrogens is 1. The van der Waals surface area contributed by atoms with Crippen LogP contribution in [0.1, 0.15) is 16.8 Å². The molecule has 2 aromatic rings. The molecule has 0 saturated carbocycles. The predicted molar refractivity (Wildman–Crippen MR) is 74.6 cm³/mol. The van der Waals surface area contributed by atoms with Crippen LogP contribution in [-0.2, 0) is 0 Å². The van der Waals surface area contributed by atoms with Crippen molar-refractivity contribution in [3.63, 3.8) is 0 Å². The number of hydrogen-bond donors (Lipinski definition) is 1. The Morgan fingerprint density at radius 1 is 1.11 bits per heavy atom.